The topological polar surface area (TPSA) is 224 Å². The van der Waals surface area contributed by atoms with Crippen molar-refractivity contribution in [1.29, 1.82) is 5.26 Å². The van der Waals surface area contributed by atoms with Crippen LogP contribution in [-0.2, 0) is 27.4 Å². The standard InChI is InChI=1S/C37H61N7O8/c1-2-3-4-5-6-42(21-30(46)32(48)33(49)31(47)22-45)19-27-20-43(41-40-27)7-8-51-9-10-52-37-16-24-11-25(17-37)15-36(14-24,23-37)34(39)35(50)44-28(18-38)12-26-13-29(26)44/h20,24-26,28-34,45-49H,2-17,19,21-23,39H2,1H3/t24-,25?,26+,28-,29-,30-,31+,32+,33+,34+,36?,37?/m0/s1. The normalized spacial score (nSPS) is 33.1. The zero-order valence-electron chi connectivity index (χ0n) is 30.7. The molecule has 4 bridgehead atoms. The summed E-state index contributed by atoms with van der Waals surface area (Å²) in [4.78, 5) is 17.6. The molecule has 1 aromatic rings. The van der Waals surface area contributed by atoms with Crippen molar-refractivity contribution in [3.8, 4) is 6.07 Å². The van der Waals surface area contributed by atoms with Gasteiger partial charge < -0.3 is 45.6 Å². The van der Waals surface area contributed by atoms with Crippen LogP contribution in [0, 0.1) is 34.5 Å². The molecule has 3 unspecified atom stereocenters. The van der Waals surface area contributed by atoms with Crippen LogP contribution in [0.15, 0.2) is 6.20 Å². The first-order valence-corrected chi connectivity index (χ1v) is 19.6. The number of fused-ring (bicyclic) bond motifs is 1. The molecule has 1 saturated heterocycles. The van der Waals surface area contributed by atoms with Crippen molar-refractivity contribution in [3.05, 3.63) is 11.9 Å². The van der Waals surface area contributed by atoms with Gasteiger partial charge in [0.05, 0.1) is 62.5 Å². The highest BCUT2D eigenvalue weighted by molar-refractivity contribution is 5.84. The fourth-order valence-corrected chi connectivity index (χ4v) is 10.4. The number of likely N-dealkylation sites (tertiary alicyclic amines) is 1. The molecule has 12 atom stereocenters. The van der Waals surface area contributed by atoms with Crippen LogP contribution in [0.2, 0.25) is 0 Å². The summed E-state index contributed by atoms with van der Waals surface area (Å²) in [5, 5.41) is 68.0. The van der Waals surface area contributed by atoms with Crippen LogP contribution >= 0.6 is 0 Å². The highest BCUT2D eigenvalue weighted by atomic mass is 16.5. The average Bonchev–Trinajstić information content (AvgIpc) is 3.56. The third-order valence-corrected chi connectivity index (χ3v) is 12.7. The summed E-state index contributed by atoms with van der Waals surface area (Å²) in [6.45, 7) is 4.27. The number of carbonyl (C=O) groups is 1. The van der Waals surface area contributed by atoms with Crippen molar-refractivity contribution >= 4 is 5.91 Å². The molecule has 7 N–H and O–H groups in total. The number of piperidine rings is 1. The number of hydrogen-bond donors (Lipinski definition) is 6. The fraction of sp³-hybridized carbons (Fsp3) is 0.892. The minimum absolute atomic E-state index is 0.0286. The minimum atomic E-state index is -1.67. The lowest BCUT2D eigenvalue weighted by Gasteiger charge is -2.63. The van der Waals surface area contributed by atoms with Crippen LogP contribution < -0.4 is 5.73 Å². The van der Waals surface area contributed by atoms with Crippen molar-refractivity contribution in [2.75, 3.05) is 39.5 Å². The number of nitrogens with zero attached hydrogens (tertiary/aromatic N) is 6. The van der Waals surface area contributed by atoms with Crippen LogP contribution in [0.1, 0.15) is 89.7 Å². The number of ether oxygens (including phenoxy) is 2. The molecule has 52 heavy (non-hydrogen) atoms. The van der Waals surface area contributed by atoms with E-state index in [0.717, 1.165) is 70.6 Å². The highest BCUT2D eigenvalue weighted by Gasteiger charge is 2.63. The van der Waals surface area contributed by atoms with E-state index < -0.39 is 37.1 Å². The molecule has 7 rings (SSSR count). The number of unbranched alkanes of at least 4 members (excludes halogenated alkanes) is 3. The summed E-state index contributed by atoms with van der Waals surface area (Å²) in [7, 11) is 0. The number of aliphatic hydroxyl groups excluding tert-OH is 5. The maximum absolute atomic E-state index is 13.8. The van der Waals surface area contributed by atoms with E-state index >= 15 is 0 Å². The predicted molar refractivity (Wildman–Crippen MR) is 188 cm³/mol. The smallest absolute Gasteiger partial charge is 0.241 e. The third-order valence-electron chi connectivity index (χ3n) is 12.7. The molecule has 1 aromatic heterocycles. The lowest BCUT2D eigenvalue weighted by molar-refractivity contribution is -0.204. The molecule has 1 aliphatic heterocycles. The van der Waals surface area contributed by atoms with Crippen molar-refractivity contribution in [3.63, 3.8) is 0 Å². The van der Waals surface area contributed by atoms with Gasteiger partial charge in [-0.05, 0) is 87.5 Å². The first-order valence-electron chi connectivity index (χ1n) is 19.6. The second kappa shape index (κ2) is 17.0. The van der Waals surface area contributed by atoms with Gasteiger partial charge in [0.25, 0.3) is 0 Å². The minimum Gasteiger partial charge on any atom is -0.394 e. The number of aliphatic hydroxyl groups is 5. The Morgan fingerprint density at radius 1 is 1.06 bits per heavy atom. The molecule has 0 aromatic carbocycles. The number of carbonyl (C=O) groups excluding carboxylic acids is 1. The Hall–Kier alpha value is -2.26. The summed E-state index contributed by atoms with van der Waals surface area (Å²) < 4.78 is 14.3. The van der Waals surface area contributed by atoms with Gasteiger partial charge >= 0.3 is 0 Å². The largest absolute Gasteiger partial charge is 0.394 e. The zero-order valence-corrected chi connectivity index (χ0v) is 30.7. The van der Waals surface area contributed by atoms with Crippen molar-refractivity contribution in [2.24, 2.45) is 28.9 Å². The Kier molecular flexibility index (Phi) is 12.9. The first-order chi connectivity index (χ1) is 25.0. The number of hydrogen-bond acceptors (Lipinski definition) is 13. The van der Waals surface area contributed by atoms with Crippen LogP contribution in [0.3, 0.4) is 0 Å². The molecule has 292 valence electrons. The SMILES string of the molecule is CCCCCCN(Cc1cn(CCOCCOC23CC4C[C@H](C2)CC([C@H](N)C(=O)N2[C@H](C#N)C[C@@H]5C[C@@H]52)(C4)C3)nn1)C[C@H](O)[C@@H](O)[C@H](O)[C@H](O)CO. The maximum Gasteiger partial charge on any atom is 0.241 e. The maximum atomic E-state index is 13.8. The lowest BCUT2D eigenvalue weighted by Crippen LogP contribution is -2.65. The summed E-state index contributed by atoms with van der Waals surface area (Å²) in [6.07, 6.45) is 7.41. The molecular weight excluding hydrogens is 670 g/mol. The van der Waals surface area contributed by atoms with Crippen LogP contribution in [0.4, 0.5) is 0 Å². The number of nitriles is 1. The Morgan fingerprint density at radius 2 is 1.81 bits per heavy atom. The number of aromatic nitrogens is 3. The Labute approximate surface area is 307 Å². The number of amides is 1. The molecule has 6 aliphatic rings. The van der Waals surface area contributed by atoms with E-state index in [-0.39, 0.29) is 35.6 Å². The molecule has 6 fully saturated rings. The van der Waals surface area contributed by atoms with Gasteiger partial charge in [0.15, 0.2) is 0 Å². The van der Waals surface area contributed by atoms with Crippen LogP contribution in [0.25, 0.3) is 0 Å². The molecule has 5 aliphatic carbocycles. The van der Waals surface area contributed by atoms with E-state index in [1.54, 1.807) is 4.68 Å². The molecule has 1 amide bonds. The van der Waals surface area contributed by atoms with Gasteiger partial charge in [-0.1, -0.05) is 31.4 Å². The quantitative estimate of drug-likeness (QED) is 0.0885. The van der Waals surface area contributed by atoms with Gasteiger partial charge in [0, 0.05) is 25.3 Å². The number of nitrogens with two attached hydrogens (primary N) is 1. The summed E-state index contributed by atoms with van der Waals surface area (Å²) in [5.41, 5.74) is 7.01. The molecule has 15 nitrogen and oxygen atoms in total. The Bertz CT molecular complexity index is 1360. The molecule has 0 radical (unpaired) electrons. The molecule has 2 heterocycles. The second-order valence-corrected chi connectivity index (χ2v) is 16.7. The first kappa shape index (κ1) is 39.4. The van der Waals surface area contributed by atoms with Gasteiger partial charge in [-0.25, -0.2) is 4.68 Å². The lowest BCUT2D eigenvalue weighted by atomic mass is 9.46. The molecule has 0 spiro atoms. The van der Waals surface area contributed by atoms with E-state index in [9.17, 15) is 30.5 Å². The molecular formula is C37H61N7O8. The monoisotopic (exact) mass is 731 g/mol. The van der Waals surface area contributed by atoms with E-state index in [1.807, 2.05) is 16.0 Å². The van der Waals surface area contributed by atoms with Crippen molar-refractivity contribution in [1.82, 2.24) is 24.8 Å². The third kappa shape index (κ3) is 8.82. The Morgan fingerprint density at radius 3 is 2.52 bits per heavy atom. The summed E-state index contributed by atoms with van der Waals surface area (Å²) in [6, 6.07) is 1.62. The highest BCUT2D eigenvalue weighted by Crippen LogP contribution is 2.64. The second-order valence-electron chi connectivity index (χ2n) is 16.7. The van der Waals surface area contributed by atoms with Crippen LogP contribution in [0.5, 0.6) is 0 Å². The molecule has 15 heteroatoms. The van der Waals surface area contributed by atoms with Gasteiger partial charge in [0.1, 0.15) is 24.4 Å². The van der Waals surface area contributed by atoms with Gasteiger partial charge in [0.2, 0.25) is 5.91 Å². The van der Waals surface area contributed by atoms with Crippen molar-refractivity contribution in [2.45, 2.75) is 145 Å². The number of rotatable bonds is 22. The average molecular weight is 732 g/mol. The summed E-state index contributed by atoms with van der Waals surface area (Å²) in [5.74, 6) is 1.46. The van der Waals surface area contributed by atoms with E-state index in [2.05, 4.69) is 23.3 Å². The van der Waals surface area contributed by atoms with Crippen LogP contribution in [-0.4, -0.2) is 144 Å². The van der Waals surface area contributed by atoms with Gasteiger partial charge in [-0.2, -0.15) is 5.26 Å². The van der Waals surface area contributed by atoms with E-state index in [0.29, 0.717) is 62.9 Å². The van der Waals surface area contributed by atoms with Gasteiger partial charge in [-0.15, -0.1) is 5.10 Å². The fourth-order valence-electron chi connectivity index (χ4n) is 10.4. The molecule has 5 saturated carbocycles. The zero-order chi connectivity index (χ0) is 37.0. The Balaban J connectivity index is 0.949. The van der Waals surface area contributed by atoms with Gasteiger partial charge in [-0.3, -0.25) is 9.69 Å². The summed E-state index contributed by atoms with van der Waals surface area (Å²) >= 11 is 0. The van der Waals surface area contributed by atoms with E-state index in [1.165, 1.54) is 6.42 Å². The van der Waals surface area contributed by atoms with E-state index in [4.69, 9.17) is 20.3 Å². The van der Waals surface area contributed by atoms with Crippen molar-refractivity contribution < 1.29 is 39.8 Å². The predicted octanol–water partition coefficient (Wildman–Crippen LogP) is 0.309.